The Bertz CT molecular complexity index is 431. The smallest absolute Gasteiger partial charge is 0.389 e. The number of piperazine rings is 1. The van der Waals surface area contributed by atoms with E-state index < -0.39 is 12.6 Å². The molecule has 1 aliphatic rings. The number of halogens is 3. The Balaban J connectivity index is 2.14. The van der Waals surface area contributed by atoms with E-state index in [4.69, 9.17) is 0 Å². The van der Waals surface area contributed by atoms with Crippen molar-refractivity contribution in [1.82, 2.24) is 10.2 Å². The Labute approximate surface area is 116 Å². The molecule has 1 fully saturated rings. The molecule has 0 aromatic heterocycles. The first-order valence-electron chi connectivity index (χ1n) is 6.76. The van der Waals surface area contributed by atoms with E-state index in [0.29, 0.717) is 0 Å². The Hall–Kier alpha value is -1.27. The lowest BCUT2D eigenvalue weighted by molar-refractivity contribution is -0.138. The second kappa shape index (κ2) is 6.45. The molecule has 1 aliphatic heterocycles. The molecule has 1 heterocycles. The molecular weight excluding hydrogens is 269 g/mol. The van der Waals surface area contributed by atoms with Crippen LogP contribution in [-0.2, 0) is 0 Å². The molecule has 3 nitrogen and oxygen atoms in total. The molecule has 20 heavy (non-hydrogen) atoms. The molecule has 1 atom stereocenters. The SMILES string of the molecule is Oc1cccc([C@H](CCC(F)(F)F)N2CCNCC2)c1. The standard InChI is InChI=1S/C14H19F3N2O/c15-14(16,17)5-4-13(19-8-6-18-7-9-19)11-2-1-3-12(20)10-11/h1-3,10,13,18,20H,4-9H2/t13-/m0/s1. The fourth-order valence-corrected chi connectivity index (χ4v) is 2.59. The Morgan fingerprint density at radius 1 is 1.25 bits per heavy atom. The summed E-state index contributed by atoms with van der Waals surface area (Å²) < 4.78 is 37.5. The van der Waals surface area contributed by atoms with Gasteiger partial charge < -0.3 is 10.4 Å². The summed E-state index contributed by atoms with van der Waals surface area (Å²) in [4.78, 5) is 2.05. The van der Waals surface area contributed by atoms with Crippen LogP contribution in [0.15, 0.2) is 24.3 Å². The Morgan fingerprint density at radius 2 is 1.95 bits per heavy atom. The molecular formula is C14H19F3N2O. The molecule has 0 aliphatic carbocycles. The minimum Gasteiger partial charge on any atom is -0.508 e. The third kappa shape index (κ3) is 4.38. The highest BCUT2D eigenvalue weighted by Gasteiger charge is 2.31. The molecule has 0 spiro atoms. The molecule has 1 saturated heterocycles. The summed E-state index contributed by atoms with van der Waals surface area (Å²) in [5, 5.41) is 12.7. The third-order valence-corrected chi connectivity index (χ3v) is 3.55. The summed E-state index contributed by atoms with van der Waals surface area (Å²) >= 11 is 0. The molecule has 112 valence electrons. The van der Waals surface area contributed by atoms with Crippen molar-refractivity contribution in [1.29, 1.82) is 0 Å². The fraction of sp³-hybridized carbons (Fsp3) is 0.571. The average Bonchev–Trinajstić information content (AvgIpc) is 2.39. The van der Waals surface area contributed by atoms with E-state index in [2.05, 4.69) is 10.2 Å². The summed E-state index contributed by atoms with van der Waals surface area (Å²) in [6, 6.07) is 6.24. The van der Waals surface area contributed by atoms with Crippen LogP contribution in [0, 0.1) is 0 Å². The van der Waals surface area contributed by atoms with E-state index in [0.717, 1.165) is 31.7 Å². The van der Waals surface area contributed by atoms with Crippen LogP contribution in [0.1, 0.15) is 24.4 Å². The molecule has 2 rings (SSSR count). The summed E-state index contributed by atoms with van der Waals surface area (Å²) in [7, 11) is 0. The van der Waals surface area contributed by atoms with Gasteiger partial charge in [0.2, 0.25) is 0 Å². The van der Waals surface area contributed by atoms with Gasteiger partial charge in [0.05, 0.1) is 0 Å². The predicted octanol–water partition coefficient (Wildman–Crippen LogP) is 2.68. The van der Waals surface area contributed by atoms with Gasteiger partial charge in [0.15, 0.2) is 0 Å². The summed E-state index contributed by atoms with van der Waals surface area (Å²) in [6.45, 7) is 3.00. The number of nitrogens with zero attached hydrogens (tertiary/aromatic N) is 1. The number of hydrogen-bond acceptors (Lipinski definition) is 3. The monoisotopic (exact) mass is 288 g/mol. The molecule has 0 bridgehead atoms. The summed E-state index contributed by atoms with van der Waals surface area (Å²) in [5.41, 5.74) is 0.746. The van der Waals surface area contributed by atoms with Crippen LogP contribution in [0.25, 0.3) is 0 Å². The van der Waals surface area contributed by atoms with Gasteiger partial charge in [0.25, 0.3) is 0 Å². The Kier molecular flexibility index (Phi) is 4.88. The van der Waals surface area contributed by atoms with Gasteiger partial charge in [-0.1, -0.05) is 12.1 Å². The van der Waals surface area contributed by atoms with Crippen LogP contribution < -0.4 is 5.32 Å². The third-order valence-electron chi connectivity index (χ3n) is 3.55. The fourth-order valence-electron chi connectivity index (χ4n) is 2.59. The zero-order chi connectivity index (χ0) is 14.6. The van der Waals surface area contributed by atoms with Gasteiger partial charge in [-0.05, 0) is 24.1 Å². The first kappa shape index (κ1) is 15.1. The Morgan fingerprint density at radius 3 is 2.55 bits per heavy atom. The van der Waals surface area contributed by atoms with Gasteiger partial charge in [-0.2, -0.15) is 13.2 Å². The highest BCUT2D eigenvalue weighted by Crippen LogP contribution is 2.32. The van der Waals surface area contributed by atoms with Crippen molar-refractivity contribution in [3.8, 4) is 5.75 Å². The lowest BCUT2D eigenvalue weighted by atomic mass is 9.99. The first-order valence-corrected chi connectivity index (χ1v) is 6.76. The molecule has 6 heteroatoms. The number of alkyl halides is 3. The molecule has 2 N–H and O–H groups in total. The topological polar surface area (TPSA) is 35.5 Å². The maximum Gasteiger partial charge on any atom is 0.389 e. The lowest BCUT2D eigenvalue weighted by Crippen LogP contribution is -2.45. The second-order valence-electron chi connectivity index (χ2n) is 5.05. The van der Waals surface area contributed by atoms with Crippen molar-refractivity contribution in [2.24, 2.45) is 0 Å². The summed E-state index contributed by atoms with van der Waals surface area (Å²) in [6.07, 6.45) is -4.94. The van der Waals surface area contributed by atoms with Gasteiger partial charge in [-0.25, -0.2) is 0 Å². The van der Waals surface area contributed by atoms with Crippen LogP contribution in [-0.4, -0.2) is 42.4 Å². The van der Waals surface area contributed by atoms with E-state index in [1.165, 1.54) is 6.07 Å². The minimum absolute atomic E-state index is 0.0208. The minimum atomic E-state index is -4.15. The molecule has 0 amide bonds. The zero-order valence-electron chi connectivity index (χ0n) is 11.2. The maximum absolute atomic E-state index is 12.5. The number of benzene rings is 1. The van der Waals surface area contributed by atoms with Crippen molar-refractivity contribution in [2.45, 2.75) is 25.1 Å². The number of aromatic hydroxyl groups is 1. The first-order chi connectivity index (χ1) is 9.46. The largest absolute Gasteiger partial charge is 0.508 e. The van der Waals surface area contributed by atoms with E-state index in [-0.39, 0.29) is 18.2 Å². The van der Waals surface area contributed by atoms with Crippen LogP contribution >= 0.6 is 0 Å². The van der Waals surface area contributed by atoms with Crippen LogP contribution in [0.4, 0.5) is 13.2 Å². The molecule has 0 radical (unpaired) electrons. The quantitative estimate of drug-likeness (QED) is 0.894. The van der Waals surface area contributed by atoms with Gasteiger partial charge >= 0.3 is 6.18 Å². The van der Waals surface area contributed by atoms with Crippen molar-refractivity contribution in [2.75, 3.05) is 26.2 Å². The van der Waals surface area contributed by atoms with Crippen molar-refractivity contribution in [3.63, 3.8) is 0 Å². The maximum atomic E-state index is 12.5. The van der Waals surface area contributed by atoms with E-state index in [9.17, 15) is 18.3 Å². The van der Waals surface area contributed by atoms with Crippen molar-refractivity contribution in [3.05, 3.63) is 29.8 Å². The number of phenolic OH excluding ortho intramolecular Hbond substituents is 1. The van der Waals surface area contributed by atoms with Gasteiger partial charge in [-0.15, -0.1) is 0 Å². The van der Waals surface area contributed by atoms with Crippen molar-refractivity contribution >= 4 is 0 Å². The number of nitrogens with one attached hydrogen (secondary N) is 1. The highest BCUT2D eigenvalue weighted by atomic mass is 19.4. The number of phenols is 1. The molecule has 1 aromatic carbocycles. The normalized spacial score (nSPS) is 18.9. The van der Waals surface area contributed by atoms with E-state index in [1.54, 1.807) is 18.2 Å². The molecule has 1 aromatic rings. The van der Waals surface area contributed by atoms with Gasteiger partial charge in [0.1, 0.15) is 5.75 Å². The zero-order valence-corrected chi connectivity index (χ0v) is 11.2. The van der Waals surface area contributed by atoms with E-state index in [1.807, 2.05) is 0 Å². The number of rotatable bonds is 4. The molecule has 0 saturated carbocycles. The van der Waals surface area contributed by atoms with Crippen molar-refractivity contribution < 1.29 is 18.3 Å². The van der Waals surface area contributed by atoms with E-state index >= 15 is 0 Å². The van der Waals surface area contributed by atoms with Gasteiger partial charge in [-0.3, -0.25) is 4.90 Å². The lowest BCUT2D eigenvalue weighted by Gasteiger charge is -2.35. The second-order valence-corrected chi connectivity index (χ2v) is 5.05. The summed E-state index contributed by atoms with van der Waals surface area (Å²) in [5.74, 6) is 0.0923. The van der Waals surface area contributed by atoms with Crippen LogP contribution in [0.2, 0.25) is 0 Å². The highest BCUT2D eigenvalue weighted by molar-refractivity contribution is 5.29. The van der Waals surface area contributed by atoms with Crippen LogP contribution in [0.5, 0.6) is 5.75 Å². The molecule has 0 unspecified atom stereocenters. The average molecular weight is 288 g/mol. The predicted molar refractivity (Wildman–Crippen MR) is 70.6 cm³/mol. The van der Waals surface area contributed by atoms with Crippen LogP contribution in [0.3, 0.4) is 0 Å². The van der Waals surface area contributed by atoms with Gasteiger partial charge in [0, 0.05) is 38.6 Å². The number of hydrogen-bond donors (Lipinski definition) is 2.